The maximum Gasteiger partial charge on any atom is 0.573 e. The average molecular weight is 488 g/mol. The molecule has 3 rings (SSSR count). The highest BCUT2D eigenvalue weighted by atomic mass is 19.4. The summed E-state index contributed by atoms with van der Waals surface area (Å²) in [6.07, 6.45) is -5.52. The third kappa shape index (κ3) is 6.31. The van der Waals surface area contributed by atoms with Gasteiger partial charge in [0, 0.05) is 18.8 Å². The molecular formula is C21H21F5N4O4. The van der Waals surface area contributed by atoms with Crippen LogP contribution in [-0.2, 0) is 22.6 Å². The number of amides is 2. The number of alkyl halides is 5. The Labute approximate surface area is 190 Å². The van der Waals surface area contributed by atoms with E-state index in [9.17, 15) is 31.5 Å². The molecule has 1 saturated heterocycles. The Morgan fingerprint density at radius 1 is 1.26 bits per heavy atom. The number of carbonyl (C=O) groups is 2. The Hall–Kier alpha value is -3.48. The number of ether oxygens (including phenoxy) is 2. The fourth-order valence-electron chi connectivity index (χ4n) is 3.31. The number of nitrogens with two attached hydrogens (primary N) is 1. The number of carbonyl (C=O) groups excluding carboxylic acids is 2. The lowest BCUT2D eigenvalue weighted by Crippen LogP contribution is -2.34. The fraction of sp³-hybridized carbons (Fsp3) is 0.381. The first-order valence-corrected chi connectivity index (χ1v) is 9.96. The van der Waals surface area contributed by atoms with Crippen molar-refractivity contribution < 1.29 is 41.0 Å². The van der Waals surface area contributed by atoms with E-state index in [0.717, 1.165) is 17.0 Å². The van der Waals surface area contributed by atoms with Crippen molar-refractivity contribution in [2.24, 2.45) is 0 Å². The molecule has 2 amide bonds. The largest absolute Gasteiger partial charge is 0.573 e. The number of aromatic nitrogens is 1. The molecular weight excluding hydrogens is 467 g/mol. The summed E-state index contributed by atoms with van der Waals surface area (Å²) in [5.74, 6) is -4.87. The summed E-state index contributed by atoms with van der Waals surface area (Å²) in [6, 6.07) is 5.94. The van der Waals surface area contributed by atoms with Crippen LogP contribution in [0, 0.1) is 0 Å². The second-order valence-electron chi connectivity index (χ2n) is 7.55. The summed E-state index contributed by atoms with van der Waals surface area (Å²) in [4.78, 5) is 29.0. The zero-order valence-corrected chi connectivity index (χ0v) is 17.9. The summed E-state index contributed by atoms with van der Waals surface area (Å²) in [6.45, 7) is -1.63. The number of halogens is 5. The van der Waals surface area contributed by atoms with E-state index in [2.05, 4.69) is 15.0 Å². The van der Waals surface area contributed by atoms with Crippen molar-refractivity contribution in [3.8, 4) is 5.75 Å². The lowest BCUT2D eigenvalue weighted by molar-refractivity contribution is -0.274. The van der Waals surface area contributed by atoms with Gasteiger partial charge in [0.25, 0.3) is 11.8 Å². The van der Waals surface area contributed by atoms with E-state index >= 15 is 0 Å². The highest BCUT2D eigenvalue weighted by molar-refractivity contribution is 5.94. The Balaban J connectivity index is 1.60. The number of pyridine rings is 1. The van der Waals surface area contributed by atoms with Crippen LogP contribution in [0.25, 0.3) is 0 Å². The third-order valence-electron chi connectivity index (χ3n) is 5.05. The number of rotatable bonds is 7. The Kier molecular flexibility index (Phi) is 7.24. The topological polar surface area (TPSA) is 107 Å². The van der Waals surface area contributed by atoms with Crippen LogP contribution in [0.15, 0.2) is 36.5 Å². The predicted octanol–water partition coefficient (Wildman–Crippen LogP) is 2.53. The molecule has 0 spiro atoms. The van der Waals surface area contributed by atoms with Gasteiger partial charge < -0.3 is 25.4 Å². The molecule has 1 atom stereocenters. The van der Waals surface area contributed by atoms with Crippen LogP contribution in [0.1, 0.15) is 21.5 Å². The molecule has 34 heavy (non-hydrogen) atoms. The van der Waals surface area contributed by atoms with Gasteiger partial charge in [0.1, 0.15) is 17.7 Å². The van der Waals surface area contributed by atoms with Crippen molar-refractivity contribution in [2.75, 3.05) is 25.9 Å². The van der Waals surface area contributed by atoms with Crippen LogP contribution < -0.4 is 15.8 Å². The molecule has 0 radical (unpaired) electrons. The summed E-state index contributed by atoms with van der Waals surface area (Å²) in [5, 5.41) is 2.41. The number of nitrogen functional groups attached to an aromatic ring is 1. The molecule has 1 aliphatic heterocycles. The lowest BCUT2D eigenvalue weighted by Gasteiger charge is -2.18. The van der Waals surface area contributed by atoms with Gasteiger partial charge in [-0.05, 0) is 23.8 Å². The van der Waals surface area contributed by atoms with Gasteiger partial charge in [0.15, 0.2) is 0 Å². The minimum atomic E-state index is -4.85. The Morgan fingerprint density at radius 2 is 1.94 bits per heavy atom. The maximum atomic E-state index is 14.5. The van der Waals surface area contributed by atoms with E-state index in [-0.39, 0.29) is 30.0 Å². The van der Waals surface area contributed by atoms with Gasteiger partial charge in [-0.25, -0.2) is 13.8 Å². The molecule has 0 saturated carbocycles. The summed E-state index contributed by atoms with van der Waals surface area (Å²) in [5.41, 5.74) is 6.49. The van der Waals surface area contributed by atoms with E-state index in [4.69, 9.17) is 10.5 Å². The lowest BCUT2D eigenvalue weighted by atomic mass is 10.1. The van der Waals surface area contributed by atoms with Crippen molar-refractivity contribution in [1.29, 1.82) is 0 Å². The minimum absolute atomic E-state index is 0.0137. The van der Waals surface area contributed by atoms with E-state index in [0.29, 0.717) is 5.56 Å². The normalized spacial score (nSPS) is 17.5. The van der Waals surface area contributed by atoms with Gasteiger partial charge in [-0.3, -0.25) is 9.59 Å². The molecule has 1 fully saturated rings. The number of hydrogen-bond donors (Lipinski definition) is 2. The summed E-state index contributed by atoms with van der Waals surface area (Å²) < 4.78 is 74.8. The Morgan fingerprint density at radius 3 is 2.56 bits per heavy atom. The molecule has 2 heterocycles. The minimum Gasteiger partial charge on any atom is -0.406 e. The zero-order chi connectivity index (χ0) is 25.1. The first-order chi connectivity index (χ1) is 15.9. The van der Waals surface area contributed by atoms with Gasteiger partial charge >= 0.3 is 6.36 Å². The monoisotopic (exact) mass is 488 g/mol. The van der Waals surface area contributed by atoms with E-state index in [1.54, 1.807) is 0 Å². The van der Waals surface area contributed by atoms with Crippen molar-refractivity contribution in [3.05, 3.63) is 53.2 Å². The van der Waals surface area contributed by atoms with Gasteiger partial charge in [-0.2, -0.15) is 0 Å². The van der Waals surface area contributed by atoms with Crippen molar-refractivity contribution in [1.82, 2.24) is 15.2 Å². The predicted molar refractivity (Wildman–Crippen MR) is 109 cm³/mol. The van der Waals surface area contributed by atoms with E-state index in [1.807, 2.05) is 0 Å². The summed E-state index contributed by atoms with van der Waals surface area (Å²) >= 11 is 0. The van der Waals surface area contributed by atoms with Gasteiger partial charge in [-0.15, -0.1) is 13.2 Å². The highest BCUT2D eigenvalue weighted by Gasteiger charge is 2.50. The van der Waals surface area contributed by atoms with Crippen LogP contribution in [0.2, 0.25) is 0 Å². The molecule has 0 aliphatic carbocycles. The second-order valence-corrected chi connectivity index (χ2v) is 7.55. The number of likely N-dealkylation sites (tertiary alicyclic amines) is 1. The van der Waals surface area contributed by atoms with Crippen LogP contribution in [-0.4, -0.2) is 60.2 Å². The molecule has 0 bridgehead atoms. The van der Waals surface area contributed by atoms with Crippen LogP contribution in [0.3, 0.4) is 0 Å². The van der Waals surface area contributed by atoms with Crippen LogP contribution in [0.5, 0.6) is 5.75 Å². The number of benzene rings is 1. The SMILES string of the molecule is CNC(=O)c1cnc(N)c(COC2CN(C(=O)Cc3ccc(OC(F)(F)F)cc3)CC2(F)F)c1. The van der Waals surface area contributed by atoms with Gasteiger partial charge in [0.05, 0.1) is 31.7 Å². The Bertz CT molecular complexity index is 1050. The number of hydrogen-bond acceptors (Lipinski definition) is 6. The maximum absolute atomic E-state index is 14.5. The molecule has 1 aromatic heterocycles. The molecule has 1 aromatic carbocycles. The number of nitrogens with one attached hydrogen (secondary N) is 1. The zero-order valence-electron chi connectivity index (χ0n) is 17.9. The van der Waals surface area contributed by atoms with Crippen LogP contribution in [0.4, 0.5) is 27.8 Å². The third-order valence-corrected chi connectivity index (χ3v) is 5.05. The molecule has 1 unspecified atom stereocenters. The molecule has 8 nitrogen and oxygen atoms in total. The molecule has 184 valence electrons. The average Bonchev–Trinajstić information content (AvgIpc) is 3.07. The quantitative estimate of drug-likeness (QED) is 0.581. The van der Waals surface area contributed by atoms with Crippen molar-refractivity contribution >= 4 is 17.6 Å². The fourth-order valence-corrected chi connectivity index (χ4v) is 3.31. The molecule has 13 heteroatoms. The second kappa shape index (κ2) is 9.79. The van der Waals surface area contributed by atoms with E-state index < -0.39 is 49.0 Å². The van der Waals surface area contributed by atoms with Crippen molar-refractivity contribution in [2.45, 2.75) is 31.4 Å². The highest BCUT2D eigenvalue weighted by Crippen LogP contribution is 2.32. The molecule has 3 N–H and O–H groups in total. The number of anilines is 1. The smallest absolute Gasteiger partial charge is 0.406 e. The van der Waals surface area contributed by atoms with Gasteiger partial charge in [0.2, 0.25) is 5.91 Å². The molecule has 2 aromatic rings. The standard InChI is InChI=1S/C21H21F5N4O4/c1-28-19(32)13-7-14(18(27)29-8-13)10-33-16-9-30(11-20(16,22)23)17(31)6-12-2-4-15(5-3-12)34-21(24,25)26/h2-5,7-8,16H,6,9-11H2,1H3,(H2,27,29)(H,28,32). The number of nitrogens with zero attached hydrogens (tertiary/aromatic N) is 2. The first kappa shape index (κ1) is 25.1. The molecule has 1 aliphatic rings. The van der Waals surface area contributed by atoms with Crippen LogP contribution >= 0.6 is 0 Å². The first-order valence-electron chi connectivity index (χ1n) is 9.96. The van der Waals surface area contributed by atoms with Gasteiger partial charge in [-0.1, -0.05) is 12.1 Å². The van der Waals surface area contributed by atoms with Crippen molar-refractivity contribution in [3.63, 3.8) is 0 Å². The van der Waals surface area contributed by atoms with E-state index in [1.165, 1.54) is 31.4 Å². The summed E-state index contributed by atoms with van der Waals surface area (Å²) in [7, 11) is 1.42.